The summed E-state index contributed by atoms with van der Waals surface area (Å²) in [5.41, 5.74) is 1.00. The van der Waals surface area contributed by atoms with Gasteiger partial charge in [0.15, 0.2) is 0 Å². The molecule has 0 bridgehead atoms. The van der Waals surface area contributed by atoms with E-state index in [1.165, 1.54) is 24.3 Å². The van der Waals surface area contributed by atoms with E-state index in [4.69, 9.17) is 0 Å². The zero-order valence-corrected chi connectivity index (χ0v) is 19.7. The zero-order chi connectivity index (χ0) is 25.7. The molecule has 188 valence electrons. The van der Waals surface area contributed by atoms with Crippen molar-refractivity contribution in [2.24, 2.45) is 5.92 Å². The van der Waals surface area contributed by atoms with E-state index >= 15 is 0 Å². The van der Waals surface area contributed by atoms with E-state index in [-0.39, 0.29) is 6.03 Å². The Labute approximate surface area is 207 Å². The lowest BCUT2D eigenvalue weighted by molar-refractivity contribution is -0.125. The molecule has 0 saturated carbocycles. The summed E-state index contributed by atoms with van der Waals surface area (Å²) in [7, 11) is 0. The van der Waals surface area contributed by atoms with Crippen molar-refractivity contribution in [3.8, 4) is 0 Å². The quantitative estimate of drug-likeness (QED) is 0.270. The normalized spacial score (nSPS) is 20.6. The maximum Gasteiger partial charge on any atom is 0.314 e. The van der Waals surface area contributed by atoms with Gasteiger partial charge in [0.05, 0.1) is 11.5 Å². The third-order valence-electron chi connectivity index (χ3n) is 6.04. The molecule has 4 rings (SSSR count). The summed E-state index contributed by atoms with van der Waals surface area (Å²) in [5.74, 6) is -2.49. The molecule has 2 aromatic carbocycles. The Hall–Kier alpha value is -4.21. The van der Waals surface area contributed by atoms with E-state index in [1.54, 1.807) is 36.4 Å². The molecular formula is C26H27F2N5O3. The summed E-state index contributed by atoms with van der Waals surface area (Å²) in [6.07, 6.45) is 4.28. The first kappa shape index (κ1) is 24.9. The predicted molar refractivity (Wildman–Crippen MR) is 132 cm³/mol. The standard InChI is InChI=1S/C26H27F2N5O3/c1-2-29-25(36)30-13-3-12-26(33-19-10-6-17(28)7-11-19)15-21-20(23(34)32-24(21)35)14-22(26)31-18-8-4-16(27)5-9-18/h4-11,14-15,20,31,33H,2-3,12-13H2,1H3,(H2,29,30,36)(H,32,34,35). The number of anilines is 2. The second-order valence-corrected chi connectivity index (χ2v) is 8.60. The molecule has 5 N–H and O–H groups in total. The minimum atomic E-state index is -1.02. The first-order valence-electron chi connectivity index (χ1n) is 11.7. The van der Waals surface area contributed by atoms with Crippen LogP contribution >= 0.6 is 0 Å². The summed E-state index contributed by atoms with van der Waals surface area (Å²) in [4.78, 5) is 36.8. The van der Waals surface area contributed by atoms with Crippen LogP contribution in [-0.2, 0) is 9.59 Å². The summed E-state index contributed by atoms with van der Waals surface area (Å²) < 4.78 is 27.1. The SMILES string of the molecule is CCNC(=O)NCCCC1(Nc2ccc(F)cc2)C=C2C(=O)NC(=O)C2C=C1Nc1ccc(F)cc1. The minimum Gasteiger partial charge on any atom is -0.371 e. The fourth-order valence-electron chi connectivity index (χ4n) is 4.32. The number of carbonyl (C=O) groups excluding carboxylic acids is 3. The van der Waals surface area contributed by atoms with Gasteiger partial charge in [0, 0.05) is 35.7 Å². The van der Waals surface area contributed by atoms with E-state index in [9.17, 15) is 23.2 Å². The monoisotopic (exact) mass is 495 g/mol. The number of hydrogen-bond acceptors (Lipinski definition) is 5. The maximum absolute atomic E-state index is 13.6. The fraction of sp³-hybridized carbons (Fsp3) is 0.269. The van der Waals surface area contributed by atoms with Gasteiger partial charge in [-0.1, -0.05) is 0 Å². The van der Waals surface area contributed by atoms with Crippen molar-refractivity contribution in [2.75, 3.05) is 23.7 Å². The molecule has 2 atom stereocenters. The van der Waals surface area contributed by atoms with Crippen LogP contribution in [0.1, 0.15) is 19.8 Å². The summed E-state index contributed by atoms with van der Waals surface area (Å²) in [5, 5.41) is 14.5. The van der Waals surface area contributed by atoms with Gasteiger partial charge >= 0.3 is 6.03 Å². The molecular weight excluding hydrogens is 468 g/mol. The second-order valence-electron chi connectivity index (χ2n) is 8.60. The van der Waals surface area contributed by atoms with Gasteiger partial charge in [0.25, 0.3) is 5.91 Å². The lowest BCUT2D eigenvalue weighted by Gasteiger charge is -2.39. The summed E-state index contributed by atoms with van der Waals surface area (Å²) in [6, 6.07) is 11.2. The van der Waals surface area contributed by atoms with E-state index in [0.29, 0.717) is 48.6 Å². The molecule has 36 heavy (non-hydrogen) atoms. The Bertz CT molecular complexity index is 1210. The van der Waals surface area contributed by atoms with Crippen molar-refractivity contribution in [3.05, 3.63) is 83.6 Å². The third-order valence-corrected chi connectivity index (χ3v) is 6.04. The van der Waals surface area contributed by atoms with Gasteiger partial charge < -0.3 is 21.3 Å². The zero-order valence-electron chi connectivity index (χ0n) is 19.7. The fourth-order valence-corrected chi connectivity index (χ4v) is 4.32. The smallest absolute Gasteiger partial charge is 0.314 e. The van der Waals surface area contributed by atoms with Crippen LogP contribution < -0.4 is 26.6 Å². The van der Waals surface area contributed by atoms with Crippen LogP contribution in [0.4, 0.5) is 25.0 Å². The molecule has 10 heteroatoms. The summed E-state index contributed by atoms with van der Waals surface area (Å²) in [6.45, 7) is 2.66. The van der Waals surface area contributed by atoms with Crippen molar-refractivity contribution < 1.29 is 23.2 Å². The third kappa shape index (κ3) is 5.54. The van der Waals surface area contributed by atoms with Gasteiger partial charge in [0.2, 0.25) is 5.91 Å². The molecule has 1 aliphatic carbocycles. The number of hydrogen-bond donors (Lipinski definition) is 5. The van der Waals surface area contributed by atoms with Gasteiger partial charge in [-0.05, 0) is 80.4 Å². The van der Waals surface area contributed by atoms with Crippen LogP contribution in [0.5, 0.6) is 0 Å². The van der Waals surface area contributed by atoms with Crippen LogP contribution in [0.2, 0.25) is 0 Å². The highest BCUT2D eigenvalue weighted by molar-refractivity contribution is 6.16. The maximum atomic E-state index is 13.6. The molecule has 0 aromatic heterocycles. The molecule has 0 spiro atoms. The Morgan fingerprint density at radius 1 is 0.972 bits per heavy atom. The molecule has 1 aliphatic heterocycles. The summed E-state index contributed by atoms with van der Waals surface area (Å²) >= 11 is 0. The number of imide groups is 1. The number of rotatable bonds is 9. The topological polar surface area (TPSA) is 111 Å². The number of halogens is 2. The molecule has 2 unspecified atom stereocenters. The molecule has 8 nitrogen and oxygen atoms in total. The highest BCUT2D eigenvalue weighted by Gasteiger charge is 2.45. The number of nitrogens with one attached hydrogen (secondary N) is 5. The Morgan fingerprint density at radius 2 is 1.61 bits per heavy atom. The van der Waals surface area contributed by atoms with Gasteiger partial charge in [-0.15, -0.1) is 0 Å². The van der Waals surface area contributed by atoms with Crippen molar-refractivity contribution in [1.82, 2.24) is 16.0 Å². The molecule has 2 aliphatic rings. The minimum absolute atomic E-state index is 0.291. The van der Waals surface area contributed by atoms with Crippen molar-refractivity contribution in [1.29, 1.82) is 0 Å². The van der Waals surface area contributed by atoms with E-state index in [2.05, 4.69) is 26.6 Å². The van der Waals surface area contributed by atoms with Crippen LogP contribution in [0.15, 0.2) is 72.0 Å². The Kier molecular flexibility index (Phi) is 7.33. The number of urea groups is 1. The van der Waals surface area contributed by atoms with Crippen molar-refractivity contribution >= 4 is 29.2 Å². The van der Waals surface area contributed by atoms with Gasteiger partial charge in [-0.3, -0.25) is 14.9 Å². The lowest BCUT2D eigenvalue weighted by atomic mass is 9.78. The number of carbonyl (C=O) groups is 3. The first-order chi connectivity index (χ1) is 17.3. The average molecular weight is 496 g/mol. The van der Waals surface area contributed by atoms with Gasteiger partial charge in [0.1, 0.15) is 11.6 Å². The van der Waals surface area contributed by atoms with Crippen LogP contribution in [-0.4, -0.2) is 36.5 Å². The molecule has 0 radical (unpaired) electrons. The Balaban J connectivity index is 1.70. The molecule has 2 aromatic rings. The highest BCUT2D eigenvalue weighted by Crippen LogP contribution is 2.39. The van der Waals surface area contributed by atoms with Crippen LogP contribution in [0.3, 0.4) is 0 Å². The van der Waals surface area contributed by atoms with Crippen molar-refractivity contribution in [2.45, 2.75) is 25.3 Å². The van der Waals surface area contributed by atoms with Crippen molar-refractivity contribution in [3.63, 3.8) is 0 Å². The molecule has 1 heterocycles. The molecule has 4 amide bonds. The van der Waals surface area contributed by atoms with Gasteiger partial charge in [-0.2, -0.15) is 0 Å². The van der Waals surface area contributed by atoms with Gasteiger partial charge in [-0.25, -0.2) is 13.6 Å². The van der Waals surface area contributed by atoms with E-state index < -0.39 is 34.9 Å². The number of benzene rings is 2. The lowest BCUT2D eigenvalue weighted by Crippen LogP contribution is -2.45. The second kappa shape index (κ2) is 10.6. The average Bonchev–Trinajstić information content (AvgIpc) is 3.12. The predicted octanol–water partition coefficient (Wildman–Crippen LogP) is 3.42. The van der Waals surface area contributed by atoms with Crippen LogP contribution in [0.25, 0.3) is 0 Å². The molecule has 1 saturated heterocycles. The van der Waals surface area contributed by atoms with E-state index in [0.717, 1.165) is 0 Å². The number of fused-ring (bicyclic) bond motifs is 1. The van der Waals surface area contributed by atoms with Crippen LogP contribution in [0, 0.1) is 17.6 Å². The largest absolute Gasteiger partial charge is 0.371 e. The van der Waals surface area contributed by atoms with E-state index in [1.807, 2.05) is 6.92 Å². The first-order valence-corrected chi connectivity index (χ1v) is 11.7. The number of amides is 4. The molecule has 1 fully saturated rings. The Morgan fingerprint density at radius 3 is 2.25 bits per heavy atom. The highest BCUT2D eigenvalue weighted by atomic mass is 19.1.